The van der Waals surface area contributed by atoms with E-state index in [2.05, 4.69) is 5.10 Å². The van der Waals surface area contributed by atoms with E-state index in [9.17, 15) is 13.2 Å². The third-order valence-corrected chi connectivity index (χ3v) is 3.35. The Morgan fingerprint density at radius 2 is 2.29 bits per heavy atom. The first kappa shape index (κ1) is 13.4. The third-order valence-electron chi connectivity index (χ3n) is 1.91. The molecule has 0 aromatic carbocycles. The molecule has 1 heterocycles. The van der Waals surface area contributed by atoms with Gasteiger partial charge in [0.05, 0.1) is 0 Å². The average molecular weight is 263 g/mol. The van der Waals surface area contributed by atoms with Crippen LogP contribution in [0.4, 0.5) is 5.82 Å². The van der Waals surface area contributed by atoms with Crippen LogP contribution in [0.15, 0.2) is 11.1 Å². The van der Waals surface area contributed by atoms with Crippen molar-refractivity contribution in [2.24, 2.45) is 12.8 Å². The molecule has 0 saturated carbocycles. The molecule has 96 valence electrons. The Kier molecular flexibility index (Phi) is 3.70. The van der Waals surface area contributed by atoms with Crippen LogP contribution in [-0.2, 0) is 21.9 Å². The number of aliphatic hydroxyl groups excluding tert-OH is 1. The summed E-state index contributed by atoms with van der Waals surface area (Å²) in [4.78, 5) is 10.3. The maximum atomic E-state index is 11.7. The predicted octanol–water partition coefficient (Wildman–Crippen LogP) is -2.87. The number of hydrogen-bond acceptors (Lipinski definition) is 6. The van der Waals surface area contributed by atoms with Gasteiger partial charge in [0.15, 0.2) is 5.82 Å². The van der Waals surface area contributed by atoms with Gasteiger partial charge in [-0.2, -0.15) is 5.10 Å². The Hall–Kier alpha value is -1.65. The lowest BCUT2D eigenvalue weighted by Crippen LogP contribution is -2.40. The van der Waals surface area contributed by atoms with Gasteiger partial charge in [-0.1, -0.05) is 0 Å². The van der Waals surface area contributed by atoms with E-state index in [-0.39, 0.29) is 10.7 Å². The van der Waals surface area contributed by atoms with Crippen LogP contribution in [0, 0.1) is 0 Å². The average Bonchev–Trinajstić information content (AvgIpc) is 2.55. The lowest BCUT2D eigenvalue weighted by atomic mass is 10.3. The van der Waals surface area contributed by atoms with Gasteiger partial charge in [0.2, 0.25) is 15.9 Å². The first-order valence-corrected chi connectivity index (χ1v) is 5.98. The lowest BCUT2D eigenvalue weighted by Gasteiger charge is -2.08. The van der Waals surface area contributed by atoms with Gasteiger partial charge in [-0.15, -0.1) is 0 Å². The van der Waals surface area contributed by atoms with Crippen molar-refractivity contribution in [2.45, 2.75) is 11.0 Å². The lowest BCUT2D eigenvalue weighted by molar-refractivity contribution is -0.125. The standard InChI is InChI=1S/C7H13N5O4S/c1-12-3-5(6(8)11-12)17(15,16)10-2-4(13)7(9)14/h3-4,10,13H,2H2,1H3,(H2,8,11)(H2,9,14). The molecule has 0 radical (unpaired) electrons. The Bertz CT molecular complexity index is 522. The number of nitrogen functional groups attached to an aromatic ring is 1. The largest absolute Gasteiger partial charge is 0.382 e. The number of nitrogens with two attached hydrogens (primary N) is 2. The number of amides is 1. The van der Waals surface area contributed by atoms with Crippen LogP contribution in [0.5, 0.6) is 0 Å². The van der Waals surface area contributed by atoms with Crippen molar-refractivity contribution in [3.05, 3.63) is 6.20 Å². The van der Waals surface area contributed by atoms with E-state index in [1.807, 2.05) is 4.72 Å². The van der Waals surface area contributed by atoms with Crippen LogP contribution < -0.4 is 16.2 Å². The van der Waals surface area contributed by atoms with E-state index in [0.29, 0.717) is 0 Å². The van der Waals surface area contributed by atoms with Gasteiger partial charge in [-0.3, -0.25) is 9.48 Å². The van der Waals surface area contributed by atoms with Crippen molar-refractivity contribution < 1.29 is 18.3 Å². The molecule has 1 amide bonds. The van der Waals surface area contributed by atoms with Gasteiger partial charge in [-0.05, 0) is 0 Å². The zero-order valence-corrected chi connectivity index (χ0v) is 9.81. The summed E-state index contributed by atoms with van der Waals surface area (Å²) in [6.45, 7) is -0.522. The molecule has 17 heavy (non-hydrogen) atoms. The van der Waals surface area contributed by atoms with Crippen molar-refractivity contribution in [3.63, 3.8) is 0 Å². The molecule has 0 bridgehead atoms. The molecule has 0 aliphatic heterocycles. The Morgan fingerprint density at radius 3 is 2.71 bits per heavy atom. The minimum atomic E-state index is -3.92. The minimum Gasteiger partial charge on any atom is -0.382 e. The van der Waals surface area contributed by atoms with Crippen molar-refractivity contribution in [1.29, 1.82) is 0 Å². The third kappa shape index (κ3) is 3.15. The van der Waals surface area contributed by atoms with E-state index in [0.717, 1.165) is 0 Å². The fourth-order valence-corrected chi connectivity index (χ4v) is 2.20. The van der Waals surface area contributed by atoms with Crippen LogP contribution in [0.25, 0.3) is 0 Å². The number of rotatable bonds is 5. The van der Waals surface area contributed by atoms with Crippen molar-refractivity contribution in [1.82, 2.24) is 14.5 Å². The minimum absolute atomic E-state index is 0.173. The normalized spacial score (nSPS) is 13.5. The highest BCUT2D eigenvalue weighted by molar-refractivity contribution is 7.89. The number of nitrogens with zero attached hydrogens (tertiary/aromatic N) is 2. The smallest absolute Gasteiger partial charge is 0.247 e. The number of carbonyl (C=O) groups excluding carboxylic acids is 1. The fraction of sp³-hybridized carbons (Fsp3) is 0.429. The van der Waals surface area contributed by atoms with Gasteiger partial charge < -0.3 is 16.6 Å². The maximum Gasteiger partial charge on any atom is 0.247 e. The molecule has 0 aliphatic carbocycles. The molecule has 0 aliphatic rings. The predicted molar refractivity (Wildman–Crippen MR) is 58.0 cm³/mol. The van der Waals surface area contributed by atoms with Crippen LogP contribution in [0.2, 0.25) is 0 Å². The van der Waals surface area contributed by atoms with Gasteiger partial charge in [0, 0.05) is 19.8 Å². The van der Waals surface area contributed by atoms with E-state index < -0.39 is 28.6 Å². The Morgan fingerprint density at radius 1 is 1.71 bits per heavy atom. The molecular formula is C7H13N5O4S. The number of anilines is 1. The number of primary amides is 1. The second kappa shape index (κ2) is 4.69. The van der Waals surface area contributed by atoms with Gasteiger partial charge >= 0.3 is 0 Å². The number of carbonyl (C=O) groups is 1. The molecule has 6 N–H and O–H groups in total. The number of aromatic nitrogens is 2. The Labute approximate surface area is 97.4 Å². The molecule has 1 aromatic heterocycles. The summed E-state index contributed by atoms with van der Waals surface area (Å²) in [5.41, 5.74) is 10.2. The molecular weight excluding hydrogens is 250 g/mol. The van der Waals surface area contributed by atoms with Gasteiger partial charge in [0.1, 0.15) is 11.0 Å². The molecule has 0 fully saturated rings. The van der Waals surface area contributed by atoms with Crippen molar-refractivity contribution >= 4 is 21.7 Å². The molecule has 10 heteroatoms. The molecule has 1 atom stereocenters. The highest BCUT2D eigenvalue weighted by atomic mass is 32.2. The quantitative estimate of drug-likeness (QED) is 0.447. The summed E-state index contributed by atoms with van der Waals surface area (Å²) in [6.07, 6.45) is -0.392. The van der Waals surface area contributed by atoms with E-state index in [1.54, 1.807) is 0 Å². The summed E-state index contributed by atoms with van der Waals surface area (Å²) >= 11 is 0. The number of nitrogens with one attached hydrogen (secondary N) is 1. The summed E-state index contributed by atoms with van der Waals surface area (Å²) < 4.78 is 26.6. The zero-order chi connectivity index (χ0) is 13.2. The first-order valence-electron chi connectivity index (χ1n) is 4.50. The van der Waals surface area contributed by atoms with Crippen molar-refractivity contribution in [2.75, 3.05) is 12.3 Å². The van der Waals surface area contributed by atoms with E-state index >= 15 is 0 Å². The van der Waals surface area contributed by atoms with Crippen LogP contribution in [0.3, 0.4) is 0 Å². The second-order valence-electron chi connectivity index (χ2n) is 3.32. The Balaban J connectivity index is 2.83. The van der Waals surface area contributed by atoms with Crippen LogP contribution >= 0.6 is 0 Å². The summed E-state index contributed by atoms with van der Waals surface area (Å²) in [7, 11) is -2.42. The van der Waals surface area contributed by atoms with Crippen LogP contribution in [0.1, 0.15) is 0 Å². The monoisotopic (exact) mass is 263 g/mol. The highest BCUT2D eigenvalue weighted by Crippen LogP contribution is 2.14. The number of sulfonamides is 1. The summed E-state index contributed by atoms with van der Waals surface area (Å²) in [6, 6.07) is 0. The van der Waals surface area contributed by atoms with Crippen LogP contribution in [-0.4, -0.2) is 41.9 Å². The maximum absolute atomic E-state index is 11.7. The first-order chi connectivity index (χ1) is 7.74. The van der Waals surface area contributed by atoms with Gasteiger partial charge in [0.25, 0.3) is 0 Å². The second-order valence-corrected chi connectivity index (χ2v) is 5.06. The summed E-state index contributed by atoms with van der Waals surface area (Å²) in [5.74, 6) is -1.19. The molecule has 9 nitrogen and oxygen atoms in total. The topological polar surface area (TPSA) is 153 Å². The number of aryl methyl sites for hydroxylation is 1. The number of hydrogen-bond donors (Lipinski definition) is 4. The molecule has 1 rings (SSSR count). The highest BCUT2D eigenvalue weighted by Gasteiger charge is 2.22. The van der Waals surface area contributed by atoms with Crippen molar-refractivity contribution in [3.8, 4) is 0 Å². The van der Waals surface area contributed by atoms with E-state index in [1.165, 1.54) is 17.9 Å². The summed E-state index contributed by atoms with van der Waals surface area (Å²) in [5, 5.41) is 12.7. The van der Waals surface area contributed by atoms with E-state index in [4.69, 9.17) is 16.6 Å². The molecule has 0 spiro atoms. The molecule has 1 unspecified atom stereocenters. The van der Waals surface area contributed by atoms with Gasteiger partial charge in [-0.25, -0.2) is 13.1 Å². The SMILES string of the molecule is Cn1cc(S(=O)(=O)NCC(O)C(N)=O)c(N)n1. The fourth-order valence-electron chi connectivity index (χ4n) is 1.06. The number of aliphatic hydroxyl groups is 1. The molecule has 1 aromatic rings. The zero-order valence-electron chi connectivity index (χ0n) is 8.99. The molecule has 0 saturated heterocycles.